The Hall–Kier alpha value is -1.16. The summed E-state index contributed by atoms with van der Waals surface area (Å²) in [7, 11) is -2.36. The fourth-order valence-corrected chi connectivity index (χ4v) is 4.00. The first-order valence-electron chi connectivity index (χ1n) is 6.43. The van der Waals surface area contributed by atoms with Crippen LogP contribution >= 0.6 is 11.6 Å². The molecule has 2 rings (SSSR count). The predicted molar refractivity (Wildman–Crippen MR) is 75.4 cm³/mol. The summed E-state index contributed by atoms with van der Waals surface area (Å²) in [4.78, 5) is 15.9. The molecule has 10 heteroatoms. The highest BCUT2D eigenvalue weighted by atomic mass is 35.5. The topological polar surface area (TPSA) is 93.5 Å². The van der Waals surface area contributed by atoms with Crippen molar-refractivity contribution in [2.75, 3.05) is 26.3 Å². The zero-order chi connectivity index (χ0) is 15.6. The van der Waals surface area contributed by atoms with E-state index in [1.54, 1.807) is 14.0 Å². The van der Waals surface area contributed by atoms with Gasteiger partial charge in [0.05, 0.1) is 19.5 Å². The molecule has 1 aromatic rings. The van der Waals surface area contributed by atoms with Crippen LogP contribution in [0.1, 0.15) is 6.92 Å². The Morgan fingerprint density at radius 1 is 1.62 bits per heavy atom. The molecular formula is C11H17ClN4O4S. The first-order valence-corrected chi connectivity index (χ1v) is 8.25. The van der Waals surface area contributed by atoms with E-state index in [2.05, 4.69) is 10.3 Å². The lowest BCUT2D eigenvalue weighted by atomic mass is 10.2. The lowest BCUT2D eigenvalue weighted by Gasteiger charge is -2.32. The van der Waals surface area contributed by atoms with E-state index in [1.807, 2.05) is 0 Å². The number of likely N-dealkylation sites (N-methyl/N-ethyl adjacent to an activating group) is 1. The van der Waals surface area contributed by atoms with Crippen LogP contribution < -0.4 is 5.32 Å². The van der Waals surface area contributed by atoms with Crippen LogP contribution in [0.3, 0.4) is 0 Å². The van der Waals surface area contributed by atoms with Gasteiger partial charge in [-0.05, 0) is 6.92 Å². The highest BCUT2D eigenvalue weighted by Crippen LogP contribution is 2.25. The number of hydrogen-bond donors (Lipinski definition) is 1. The molecule has 1 fully saturated rings. The minimum absolute atomic E-state index is 0.00944. The highest BCUT2D eigenvalue weighted by molar-refractivity contribution is 7.89. The minimum atomic E-state index is -3.96. The maximum atomic E-state index is 12.7. The number of ether oxygens (including phenoxy) is 1. The number of nitrogens with one attached hydrogen (secondary N) is 1. The van der Waals surface area contributed by atoms with Crippen molar-refractivity contribution in [2.45, 2.75) is 18.0 Å². The van der Waals surface area contributed by atoms with E-state index in [1.165, 1.54) is 10.9 Å². The summed E-state index contributed by atoms with van der Waals surface area (Å²) < 4.78 is 33.1. The van der Waals surface area contributed by atoms with E-state index >= 15 is 0 Å². The summed E-state index contributed by atoms with van der Waals surface area (Å²) in [5, 5.41) is 2.37. The fourth-order valence-electron chi connectivity index (χ4n) is 2.05. The Bertz CT molecular complexity index is 630. The molecular weight excluding hydrogens is 320 g/mol. The number of halogens is 1. The second kappa shape index (κ2) is 6.30. The summed E-state index contributed by atoms with van der Waals surface area (Å²) in [6.45, 7) is 2.48. The number of nitrogens with zero attached hydrogens (tertiary/aromatic N) is 3. The van der Waals surface area contributed by atoms with Crippen LogP contribution in [0.5, 0.6) is 0 Å². The smallest absolute Gasteiger partial charge is 0.264 e. The Kier molecular flexibility index (Phi) is 4.87. The molecule has 1 N–H and O–H groups in total. The summed E-state index contributed by atoms with van der Waals surface area (Å²) >= 11 is 5.96. The number of aromatic nitrogens is 2. The van der Waals surface area contributed by atoms with E-state index in [9.17, 15) is 13.2 Å². The number of morpholine rings is 1. The third-order valence-electron chi connectivity index (χ3n) is 3.12. The van der Waals surface area contributed by atoms with Gasteiger partial charge in [-0.1, -0.05) is 11.6 Å². The largest absolute Gasteiger partial charge is 0.378 e. The summed E-state index contributed by atoms with van der Waals surface area (Å²) in [6.07, 6.45) is 1.32. The van der Waals surface area contributed by atoms with Crippen LogP contribution in [-0.2, 0) is 26.6 Å². The monoisotopic (exact) mass is 336 g/mol. The average Bonchev–Trinajstić information content (AvgIpc) is 2.80. The van der Waals surface area contributed by atoms with Crippen molar-refractivity contribution in [1.29, 1.82) is 0 Å². The number of rotatable bonds is 4. The maximum Gasteiger partial charge on any atom is 0.264 e. The van der Waals surface area contributed by atoms with Gasteiger partial charge in [-0.15, -0.1) is 0 Å². The normalized spacial score (nSPS) is 20.4. The van der Waals surface area contributed by atoms with Crippen LogP contribution in [0, 0.1) is 0 Å². The van der Waals surface area contributed by atoms with Crippen LogP contribution in [0.15, 0.2) is 11.4 Å². The minimum Gasteiger partial charge on any atom is -0.378 e. The Morgan fingerprint density at radius 2 is 2.33 bits per heavy atom. The molecule has 0 spiro atoms. The molecule has 0 aromatic carbocycles. The highest BCUT2D eigenvalue weighted by Gasteiger charge is 2.40. The Labute approximate surface area is 128 Å². The van der Waals surface area contributed by atoms with Gasteiger partial charge in [0.1, 0.15) is 11.2 Å². The van der Waals surface area contributed by atoms with E-state index in [4.69, 9.17) is 16.3 Å². The molecule has 2 heterocycles. The Morgan fingerprint density at radius 3 is 2.90 bits per heavy atom. The number of aryl methyl sites for hydroxylation is 1. The second-order valence-corrected chi connectivity index (χ2v) is 6.72. The van der Waals surface area contributed by atoms with Crippen molar-refractivity contribution >= 4 is 27.5 Å². The number of sulfonamides is 1. The number of carbonyl (C=O) groups excluding carboxylic acids is 1. The number of amides is 1. The number of imidazole rings is 1. The van der Waals surface area contributed by atoms with Gasteiger partial charge < -0.3 is 14.6 Å². The fraction of sp³-hybridized carbons (Fsp3) is 0.636. The zero-order valence-electron chi connectivity index (χ0n) is 11.7. The third kappa shape index (κ3) is 3.05. The molecule has 1 amide bonds. The molecule has 8 nitrogen and oxygen atoms in total. The van der Waals surface area contributed by atoms with Gasteiger partial charge in [-0.2, -0.15) is 4.31 Å². The lowest BCUT2D eigenvalue weighted by Crippen LogP contribution is -2.55. The SMILES string of the molecule is CCNC(=O)C1COCCN1S(=O)(=O)c1ncn(C)c1Cl. The third-order valence-corrected chi connectivity index (χ3v) is 5.52. The van der Waals surface area contributed by atoms with Crippen LogP contribution in [0.4, 0.5) is 0 Å². The van der Waals surface area contributed by atoms with Gasteiger partial charge in [0.25, 0.3) is 10.0 Å². The van der Waals surface area contributed by atoms with Crippen molar-refractivity contribution in [3.05, 3.63) is 11.5 Å². The predicted octanol–water partition coefficient (Wildman–Crippen LogP) is -0.401. The molecule has 1 saturated heterocycles. The molecule has 0 radical (unpaired) electrons. The van der Waals surface area contributed by atoms with Crippen molar-refractivity contribution < 1.29 is 17.9 Å². The van der Waals surface area contributed by atoms with E-state index in [-0.39, 0.29) is 29.9 Å². The number of hydrogen-bond acceptors (Lipinski definition) is 5. The second-order valence-electron chi connectivity index (χ2n) is 4.55. The van der Waals surface area contributed by atoms with E-state index in [0.717, 1.165) is 4.31 Å². The van der Waals surface area contributed by atoms with Gasteiger partial charge in [-0.3, -0.25) is 4.79 Å². The van der Waals surface area contributed by atoms with Gasteiger partial charge >= 0.3 is 0 Å². The average molecular weight is 337 g/mol. The first-order chi connectivity index (χ1) is 9.89. The van der Waals surface area contributed by atoms with Gasteiger partial charge in [0.15, 0.2) is 0 Å². The molecule has 118 valence electrons. The molecule has 1 atom stereocenters. The van der Waals surface area contributed by atoms with Crippen LogP contribution in [0.2, 0.25) is 5.15 Å². The molecule has 1 aliphatic heterocycles. The summed E-state index contributed by atoms with van der Waals surface area (Å²) in [6, 6.07) is -0.915. The zero-order valence-corrected chi connectivity index (χ0v) is 13.3. The Balaban J connectivity index is 2.36. The number of carbonyl (C=O) groups is 1. The van der Waals surface area contributed by atoms with E-state index < -0.39 is 22.0 Å². The first kappa shape index (κ1) is 16.2. The van der Waals surface area contributed by atoms with Crippen molar-refractivity contribution in [2.24, 2.45) is 7.05 Å². The quantitative estimate of drug-likeness (QED) is 0.807. The van der Waals surface area contributed by atoms with Crippen molar-refractivity contribution in [3.63, 3.8) is 0 Å². The van der Waals surface area contributed by atoms with Crippen LogP contribution in [0.25, 0.3) is 0 Å². The molecule has 1 unspecified atom stereocenters. The molecule has 0 aliphatic carbocycles. The molecule has 0 saturated carbocycles. The molecule has 0 bridgehead atoms. The summed E-state index contributed by atoms with van der Waals surface area (Å²) in [5.74, 6) is -0.396. The van der Waals surface area contributed by atoms with Crippen molar-refractivity contribution in [3.8, 4) is 0 Å². The molecule has 1 aliphatic rings. The van der Waals surface area contributed by atoms with Crippen LogP contribution in [-0.4, -0.2) is 60.5 Å². The molecule has 21 heavy (non-hydrogen) atoms. The summed E-state index contributed by atoms with van der Waals surface area (Å²) in [5.41, 5.74) is 0. The standard InChI is InChI=1S/C11H17ClN4O4S/c1-3-13-10(17)8-6-20-5-4-16(8)21(18,19)11-9(12)15(2)7-14-11/h7-8H,3-6H2,1-2H3,(H,13,17). The van der Waals surface area contributed by atoms with E-state index in [0.29, 0.717) is 6.54 Å². The van der Waals surface area contributed by atoms with Gasteiger partial charge in [0.2, 0.25) is 10.9 Å². The van der Waals surface area contributed by atoms with Gasteiger partial charge in [-0.25, -0.2) is 13.4 Å². The maximum absolute atomic E-state index is 12.7. The lowest BCUT2D eigenvalue weighted by molar-refractivity contribution is -0.129. The van der Waals surface area contributed by atoms with Crippen molar-refractivity contribution in [1.82, 2.24) is 19.2 Å². The van der Waals surface area contributed by atoms with Gasteiger partial charge in [0, 0.05) is 20.1 Å². The molecule has 1 aromatic heterocycles.